The molecule has 2 fully saturated rings. The molecule has 1 aromatic carbocycles. The average molecular weight is 310 g/mol. The van der Waals surface area contributed by atoms with Crippen LogP contribution in [0.5, 0.6) is 0 Å². The van der Waals surface area contributed by atoms with Gasteiger partial charge in [0.25, 0.3) is 0 Å². The summed E-state index contributed by atoms with van der Waals surface area (Å²) in [6.45, 7) is 1.42. The largest absolute Gasteiger partial charge is 0.385 e. The molecule has 1 aliphatic heterocycles. The van der Waals surface area contributed by atoms with E-state index in [1.54, 1.807) is 0 Å². The number of carbonyl (C=O) groups is 2. The van der Waals surface area contributed by atoms with Crippen molar-refractivity contribution in [2.24, 2.45) is 17.8 Å². The molecular weight excluding hydrogens is 288 g/mol. The van der Waals surface area contributed by atoms with Gasteiger partial charge in [-0.1, -0.05) is 24.3 Å². The van der Waals surface area contributed by atoms with Crippen molar-refractivity contribution >= 4 is 17.5 Å². The van der Waals surface area contributed by atoms with Gasteiger partial charge in [0, 0.05) is 25.1 Å². The third-order valence-electron chi connectivity index (χ3n) is 5.43. The number of imide groups is 1. The molecule has 3 atom stereocenters. The first-order valence-electron chi connectivity index (χ1n) is 8.53. The van der Waals surface area contributed by atoms with Crippen molar-refractivity contribution in [1.82, 2.24) is 4.90 Å². The Morgan fingerprint density at radius 1 is 1.00 bits per heavy atom. The minimum absolute atomic E-state index is 0.0541. The number of nitrogens with one attached hydrogen (secondary N) is 1. The minimum atomic E-state index is -0.0541. The minimum Gasteiger partial charge on any atom is -0.385 e. The summed E-state index contributed by atoms with van der Waals surface area (Å²) in [7, 11) is 0. The van der Waals surface area contributed by atoms with E-state index in [0.29, 0.717) is 19.4 Å². The van der Waals surface area contributed by atoms with Crippen molar-refractivity contribution in [1.29, 1.82) is 0 Å². The number of carbonyl (C=O) groups excluding carboxylic acids is 2. The molecule has 2 bridgehead atoms. The van der Waals surface area contributed by atoms with Gasteiger partial charge in [-0.25, -0.2) is 0 Å². The first-order valence-corrected chi connectivity index (χ1v) is 8.53. The number of hydrogen-bond acceptors (Lipinski definition) is 3. The Labute approximate surface area is 136 Å². The highest BCUT2D eigenvalue weighted by Gasteiger charge is 2.35. The first-order chi connectivity index (χ1) is 11.2. The monoisotopic (exact) mass is 310 g/mol. The van der Waals surface area contributed by atoms with Crippen LogP contribution in [0.3, 0.4) is 0 Å². The van der Waals surface area contributed by atoms with Gasteiger partial charge >= 0.3 is 0 Å². The van der Waals surface area contributed by atoms with E-state index in [9.17, 15) is 9.59 Å². The molecule has 23 heavy (non-hydrogen) atoms. The van der Waals surface area contributed by atoms with Gasteiger partial charge in [0.1, 0.15) is 0 Å². The lowest BCUT2D eigenvalue weighted by atomic mass is 9.93. The fraction of sp³-hybridized carbons (Fsp3) is 0.474. The molecule has 0 spiro atoms. The van der Waals surface area contributed by atoms with E-state index in [0.717, 1.165) is 35.5 Å². The number of hydrogen-bond donors (Lipinski definition) is 1. The molecule has 1 saturated carbocycles. The second-order valence-electron chi connectivity index (χ2n) is 6.99. The van der Waals surface area contributed by atoms with Crippen LogP contribution in [0.1, 0.15) is 31.2 Å². The lowest BCUT2D eigenvalue weighted by Crippen LogP contribution is -2.28. The molecule has 1 aromatic rings. The molecule has 4 rings (SSSR count). The summed E-state index contributed by atoms with van der Waals surface area (Å²) < 4.78 is 0. The van der Waals surface area contributed by atoms with E-state index in [2.05, 4.69) is 17.5 Å². The zero-order valence-electron chi connectivity index (χ0n) is 13.2. The molecule has 2 aliphatic carbocycles. The quantitative estimate of drug-likeness (QED) is 0.672. The van der Waals surface area contributed by atoms with E-state index in [1.165, 1.54) is 17.7 Å². The van der Waals surface area contributed by atoms with Crippen LogP contribution in [0.2, 0.25) is 0 Å². The molecule has 1 saturated heterocycles. The van der Waals surface area contributed by atoms with Gasteiger partial charge in [0.05, 0.1) is 6.54 Å². The molecule has 2 amide bonds. The van der Waals surface area contributed by atoms with Gasteiger partial charge in [0.15, 0.2) is 0 Å². The van der Waals surface area contributed by atoms with E-state index in [1.807, 2.05) is 24.3 Å². The molecule has 4 nitrogen and oxygen atoms in total. The number of allylic oxidation sites excluding steroid dienone is 2. The average Bonchev–Trinajstić information content (AvgIpc) is 3.26. The zero-order valence-corrected chi connectivity index (χ0v) is 13.2. The summed E-state index contributed by atoms with van der Waals surface area (Å²) in [5, 5.41) is 3.53. The molecular formula is C19H22N2O2. The molecule has 4 heteroatoms. The van der Waals surface area contributed by atoms with Crippen molar-refractivity contribution in [2.45, 2.75) is 32.2 Å². The van der Waals surface area contributed by atoms with Crippen LogP contribution in [0.25, 0.3) is 0 Å². The first kappa shape index (κ1) is 14.5. The number of fused-ring (bicyclic) bond motifs is 2. The summed E-state index contributed by atoms with van der Waals surface area (Å²) in [6, 6.07) is 8.09. The van der Waals surface area contributed by atoms with E-state index in [4.69, 9.17) is 0 Å². The maximum atomic E-state index is 11.7. The third-order valence-corrected chi connectivity index (χ3v) is 5.43. The Hall–Kier alpha value is -2.10. The predicted octanol–water partition coefficient (Wildman–Crippen LogP) is 2.96. The van der Waals surface area contributed by atoms with Crippen LogP contribution in [-0.4, -0.2) is 23.3 Å². The van der Waals surface area contributed by atoms with Crippen molar-refractivity contribution in [2.75, 3.05) is 11.9 Å². The summed E-state index contributed by atoms with van der Waals surface area (Å²) in [5.74, 6) is 2.22. The van der Waals surface area contributed by atoms with Gasteiger partial charge in [-0.3, -0.25) is 14.5 Å². The SMILES string of the molecule is O=C1CCC(=O)N1Cc1ccc(NCC2CC3C=CC2C3)cc1. The lowest BCUT2D eigenvalue weighted by molar-refractivity contribution is -0.139. The van der Waals surface area contributed by atoms with Crippen molar-refractivity contribution in [3.63, 3.8) is 0 Å². The van der Waals surface area contributed by atoms with Crippen LogP contribution in [0.4, 0.5) is 5.69 Å². The molecule has 0 aromatic heterocycles. The summed E-state index contributed by atoms with van der Waals surface area (Å²) in [6.07, 6.45) is 8.12. The standard InChI is InChI=1S/C19H22N2O2/c22-18-7-8-19(23)21(18)12-13-2-5-17(6-3-13)20-11-16-10-14-1-4-15(16)9-14/h1-6,14-16,20H,7-12H2. The highest BCUT2D eigenvalue weighted by Crippen LogP contribution is 2.43. The van der Waals surface area contributed by atoms with E-state index < -0.39 is 0 Å². The molecule has 1 heterocycles. The maximum Gasteiger partial charge on any atom is 0.229 e. The molecule has 1 N–H and O–H groups in total. The number of nitrogens with zero attached hydrogens (tertiary/aromatic N) is 1. The normalized spacial score (nSPS) is 28.9. The van der Waals surface area contributed by atoms with Crippen LogP contribution < -0.4 is 5.32 Å². The summed E-state index contributed by atoms with van der Waals surface area (Å²) >= 11 is 0. The van der Waals surface area contributed by atoms with Crippen LogP contribution in [0, 0.1) is 17.8 Å². The van der Waals surface area contributed by atoms with E-state index in [-0.39, 0.29) is 11.8 Å². The Morgan fingerprint density at radius 2 is 1.74 bits per heavy atom. The summed E-state index contributed by atoms with van der Waals surface area (Å²) in [5.41, 5.74) is 2.11. The number of likely N-dealkylation sites (tertiary alicyclic amines) is 1. The Bertz CT molecular complexity index is 634. The molecule has 3 aliphatic rings. The fourth-order valence-electron chi connectivity index (χ4n) is 4.09. The lowest BCUT2D eigenvalue weighted by Gasteiger charge is -2.19. The molecule has 0 radical (unpaired) electrons. The fourth-order valence-corrected chi connectivity index (χ4v) is 4.09. The van der Waals surface area contributed by atoms with Crippen LogP contribution in [-0.2, 0) is 16.1 Å². The van der Waals surface area contributed by atoms with Gasteiger partial charge in [-0.05, 0) is 48.3 Å². The van der Waals surface area contributed by atoms with E-state index >= 15 is 0 Å². The van der Waals surface area contributed by atoms with Crippen molar-refractivity contribution < 1.29 is 9.59 Å². The second kappa shape index (κ2) is 5.84. The van der Waals surface area contributed by atoms with Crippen molar-refractivity contribution in [3.8, 4) is 0 Å². The van der Waals surface area contributed by atoms with Gasteiger partial charge < -0.3 is 5.32 Å². The Balaban J connectivity index is 1.32. The van der Waals surface area contributed by atoms with Gasteiger partial charge in [-0.15, -0.1) is 0 Å². The highest BCUT2D eigenvalue weighted by molar-refractivity contribution is 6.01. The summed E-state index contributed by atoms with van der Waals surface area (Å²) in [4.78, 5) is 24.7. The number of anilines is 1. The Kier molecular flexibility index (Phi) is 3.68. The topological polar surface area (TPSA) is 49.4 Å². The molecule has 3 unspecified atom stereocenters. The third kappa shape index (κ3) is 2.90. The second-order valence-corrected chi connectivity index (χ2v) is 6.99. The molecule has 120 valence electrons. The predicted molar refractivity (Wildman–Crippen MR) is 88.6 cm³/mol. The van der Waals surface area contributed by atoms with Gasteiger partial charge in [-0.2, -0.15) is 0 Å². The Morgan fingerprint density at radius 3 is 2.35 bits per heavy atom. The van der Waals surface area contributed by atoms with Crippen molar-refractivity contribution in [3.05, 3.63) is 42.0 Å². The smallest absolute Gasteiger partial charge is 0.229 e. The van der Waals surface area contributed by atoms with Crippen LogP contribution in [0.15, 0.2) is 36.4 Å². The highest BCUT2D eigenvalue weighted by atomic mass is 16.2. The van der Waals surface area contributed by atoms with Gasteiger partial charge in [0.2, 0.25) is 11.8 Å². The maximum absolute atomic E-state index is 11.7. The number of amides is 2. The number of benzene rings is 1. The number of rotatable bonds is 5. The van der Waals surface area contributed by atoms with Crippen LogP contribution >= 0.6 is 0 Å². The zero-order chi connectivity index (χ0) is 15.8.